The van der Waals surface area contributed by atoms with Gasteiger partial charge in [-0.25, -0.2) is 0 Å². The molecule has 0 amide bonds. The van der Waals surface area contributed by atoms with Crippen LogP contribution in [0.2, 0.25) is 5.02 Å². The summed E-state index contributed by atoms with van der Waals surface area (Å²) >= 11 is 6.34. The zero-order chi connectivity index (χ0) is 14.7. The van der Waals surface area contributed by atoms with Crippen LogP contribution in [0.5, 0.6) is 5.75 Å². The number of benzene rings is 1. The average Bonchev–Trinajstić information content (AvgIpc) is 2.30. The fraction of sp³-hybridized carbons (Fsp3) is 0.647. The number of hydrogen-bond acceptors (Lipinski definition) is 2. The first-order valence-corrected chi connectivity index (χ1v) is 8.02. The van der Waals surface area contributed by atoms with Crippen molar-refractivity contribution < 1.29 is 4.74 Å². The SMILES string of the molecule is CC(N)Cc1ccc(OC2CC(C)CC(C)C2)c(Cl)c1. The summed E-state index contributed by atoms with van der Waals surface area (Å²) in [5, 5.41) is 0.703. The number of hydrogen-bond donors (Lipinski definition) is 1. The Kier molecular flexibility index (Phi) is 5.34. The molecule has 0 heterocycles. The lowest BCUT2D eigenvalue weighted by Gasteiger charge is -2.32. The fourth-order valence-electron chi connectivity index (χ4n) is 3.29. The van der Waals surface area contributed by atoms with Gasteiger partial charge in [0.15, 0.2) is 0 Å². The van der Waals surface area contributed by atoms with Crippen molar-refractivity contribution in [3.8, 4) is 5.75 Å². The van der Waals surface area contributed by atoms with Gasteiger partial charge in [0, 0.05) is 6.04 Å². The fourth-order valence-corrected chi connectivity index (χ4v) is 3.54. The normalized spacial score (nSPS) is 28.1. The summed E-state index contributed by atoms with van der Waals surface area (Å²) in [7, 11) is 0. The second-order valence-corrected chi connectivity index (χ2v) is 7.01. The Morgan fingerprint density at radius 2 is 1.90 bits per heavy atom. The molecular formula is C17H26ClNO. The van der Waals surface area contributed by atoms with E-state index in [9.17, 15) is 0 Å². The highest BCUT2D eigenvalue weighted by Crippen LogP contribution is 2.34. The van der Waals surface area contributed by atoms with E-state index in [1.165, 1.54) is 12.0 Å². The minimum atomic E-state index is 0.151. The number of nitrogens with two attached hydrogens (primary N) is 1. The molecule has 3 atom stereocenters. The largest absolute Gasteiger partial charge is 0.489 e. The van der Waals surface area contributed by atoms with Crippen LogP contribution in [0, 0.1) is 11.8 Å². The van der Waals surface area contributed by atoms with Crippen molar-refractivity contribution in [2.75, 3.05) is 0 Å². The molecule has 1 aromatic carbocycles. The minimum absolute atomic E-state index is 0.151. The maximum Gasteiger partial charge on any atom is 0.138 e. The number of rotatable bonds is 4. The zero-order valence-corrected chi connectivity index (χ0v) is 13.5. The Morgan fingerprint density at radius 1 is 1.25 bits per heavy atom. The van der Waals surface area contributed by atoms with Crippen LogP contribution in [0.3, 0.4) is 0 Å². The van der Waals surface area contributed by atoms with Crippen LogP contribution in [0.25, 0.3) is 0 Å². The van der Waals surface area contributed by atoms with E-state index in [4.69, 9.17) is 22.1 Å². The van der Waals surface area contributed by atoms with Crippen LogP contribution in [0.4, 0.5) is 0 Å². The van der Waals surface area contributed by atoms with Gasteiger partial charge in [0.2, 0.25) is 0 Å². The summed E-state index contributed by atoms with van der Waals surface area (Å²) < 4.78 is 6.12. The first-order valence-electron chi connectivity index (χ1n) is 7.64. The standard InChI is InChI=1S/C17H26ClNO/c1-11-6-12(2)8-15(7-11)20-17-5-4-14(9-13(3)19)10-16(17)18/h4-5,10-13,15H,6-9,19H2,1-3H3. The first kappa shape index (κ1) is 15.7. The molecule has 1 aromatic rings. The third-order valence-corrected chi connectivity index (χ3v) is 4.28. The van der Waals surface area contributed by atoms with Crippen molar-refractivity contribution in [3.63, 3.8) is 0 Å². The lowest BCUT2D eigenvalue weighted by Crippen LogP contribution is -2.28. The van der Waals surface area contributed by atoms with Crippen LogP contribution in [-0.2, 0) is 6.42 Å². The molecule has 1 aliphatic carbocycles. The number of ether oxygens (including phenoxy) is 1. The minimum Gasteiger partial charge on any atom is -0.489 e. The van der Waals surface area contributed by atoms with Crippen molar-refractivity contribution in [2.45, 2.75) is 58.6 Å². The predicted molar refractivity (Wildman–Crippen MR) is 85.4 cm³/mol. The third-order valence-electron chi connectivity index (χ3n) is 3.98. The molecule has 0 aliphatic heterocycles. The highest BCUT2D eigenvalue weighted by atomic mass is 35.5. The van der Waals surface area contributed by atoms with Gasteiger partial charge >= 0.3 is 0 Å². The Labute approximate surface area is 127 Å². The Bertz CT molecular complexity index is 437. The Balaban J connectivity index is 2.02. The summed E-state index contributed by atoms with van der Waals surface area (Å²) in [4.78, 5) is 0. The highest BCUT2D eigenvalue weighted by Gasteiger charge is 2.25. The molecule has 20 heavy (non-hydrogen) atoms. The highest BCUT2D eigenvalue weighted by molar-refractivity contribution is 6.32. The van der Waals surface area contributed by atoms with Gasteiger partial charge in [-0.2, -0.15) is 0 Å². The van der Waals surface area contributed by atoms with Gasteiger partial charge in [-0.05, 0) is 62.1 Å². The van der Waals surface area contributed by atoms with E-state index in [0.717, 1.165) is 36.8 Å². The summed E-state index contributed by atoms with van der Waals surface area (Å²) in [6, 6.07) is 6.19. The summed E-state index contributed by atoms with van der Waals surface area (Å²) in [6.07, 6.45) is 4.70. The van der Waals surface area contributed by atoms with Gasteiger partial charge in [0.25, 0.3) is 0 Å². The van der Waals surface area contributed by atoms with Crippen LogP contribution >= 0.6 is 11.6 Å². The molecule has 3 unspecified atom stereocenters. The van der Waals surface area contributed by atoms with Crippen molar-refractivity contribution in [2.24, 2.45) is 17.6 Å². The molecule has 2 nitrogen and oxygen atoms in total. The van der Waals surface area contributed by atoms with Gasteiger partial charge in [0.1, 0.15) is 5.75 Å². The lowest BCUT2D eigenvalue weighted by atomic mass is 9.82. The molecule has 1 saturated carbocycles. The third kappa shape index (κ3) is 4.39. The molecule has 0 radical (unpaired) electrons. The van der Waals surface area contributed by atoms with Crippen LogP contribution in [0.1, 0.15) is 45.6 Å². The van der Waals surface area contributed by atoms with Crippen molar-refractivity contribution in [1.82, 2.24) is 0 Å². The van der Waals surface area contributed by atoms with E-state index < -0.39 is 0 Å². The molecule has 2 rings (SSSR count). The average molecular weight is 296 g/mol. The molecule has 0 aromatic heterocycles. The monoisotopic (exact) mass is 295 g/mol. The van der Waals surface area contributed by atoms with E-state index in [-0.39, 0.29) is 6.04 Å². The van der Waals surface area contributed by atoms with Gasteiger partial charge in [0.05, 0.1) is 11.1 Å². The molecule has 0 saturated heterocycles. The lowest BCUT2D eigenvalue weighted by molar-refractivity contribution is 0.101. The quantitative estimate of drug-likeness (QED) is 0.891. The molecule has 0 bridgehead atoms. The maximum atomic E-state index is 6.34. The second-order valence-electron chi connectivity index (χ2n) is 6.60. The molecule has 1 fully saturated rings. The van der Waals surface area contributed by atoms with Crippen LogP contribution in [0.15, 0.2) is 18.2 Å². The van der Waals surface area contributed by atoms with Gasteiger partial charge in [-0.3, -0.25) is 0 Å². The topological polar surface area (TPSA) is 35.2 Å². The summed E-state index contributed by atoms with van der Waals surface area (Å²) in [5.41, 5.74) is 6.99. The van der Waals surface area contributed by atoms with E-state index in [1.54, 1.807) is 0 Å². The molecule has 112 valence electrons. The summed E-state index contributed by atoms with van der Waals surface area (Å²) in [6.45, 7) is 6.61. The predicted octanol–water partition coefficient (Wildman–Crippen LogP) is 4.43. The van der Waals surface area contributed by atoms with Crippen molar-refractivity contribution >= 4 is 11.6 Å². The van der Waals surface area contributed by atoms with E-state index in [0.29, 0.717) is 11.1 Å². The van der Waals surface area contributed by atoms with Gasteiger partial charge < -0.3 is 10.5 Å². The van der Waals surface area contributed by atoms with E-state index in [2.05, 4.69) is 19.9 Å². The van der Waals surface area contributed by atoms with Crippen LogP contribution < -0.4 is 10.5 Å². The summed E-state index contributed by atoms with van der Waals surface area (Å²) in [5.74, 6) is 2.28. The molecule has 3 heteroatoms. The first-order chi connectivity index (χ1) is 9.44. The molecular weight excluding hydrogens is 270 g/mol. The zero-order valence-electron chi connectivity index (χ0n) is 12.7. The molecule has 0 spiro atoms. The van der Waals surface area contributed by atoms with Crippen molar-refractivity contribution in [1.29, 1.82) is 0 Å². The Morgan fingerprint density at radius 3 is 2.45 bits per heavy atom. The molecule has 1 aliphatic rings. The molecule has 2 N–H and O–H groups in total. The smallest absolute Gasteiger partial charge is 0.138 e. The van der Waals surface area contributed by atoms with Gasteiger partial charge in [-0.15, -0.1) is 0 Å². The second kappa shape index (κ2) is 6.82. The van der Waals surface area contributed by atoms with Gasteiger partial charge in [-0.1, -0.05) is 31.5 Å². The van der Waals surface area contributed by atoms with E-state index in [1.807, 2.05) is 19.1 Å². The van der Waals surface area contributed by atoms with E-state index >= 15 is 0 Å². The maximum absolute atomic E-state index is 6.34. The Hall–Kier alpha value is -0.730. The van der Waals surface area contributed by atoms with Crippen LogP contribution in [-0.4, -0.2) is 12.1 Å². The number of halogens is 1. The van der Waals surface area contributed by atoms with Crippen molar-refractivity contribution in [3.05, 3.63) is 28.8 Å².